The van der Waals surface area contributed by atoms with E-state index in [1.165, 1.54) is 0 Å². The number of carbonyl (C=O) groups is 1. The third-order valence-electron chi connectivity index (χ3n) is 2.83. The van der Waals surface area contributed by atoms with Crippen LogP contribution in [0.3, 0.4) is 0 Å². The average Bonchev–Trinajstić information content (AvgIpc) is 2.74. The molecule has 1 aromatic rings. The lowest BCUT2D eigenvalue weighted by Crippen LogP contribution is -2.26. The number of nitrogens with zero attached hydrogens (tertiary/aromatic N) is 2. The van der Waals surface area contributed by atoms with Crippen molar-refractivity contribution in [1.82, 2.24) is 4.98 Å². The smallest absolute Gasteiger partial charge is 0.357 e. The van der Waals surface area contributed by atoms with E-state index in [4.69, 9.17) is 4.74 Å². The van der Waals surface area contributed by atoms with Crippen molar-refractivity contribution in [2.24, 2.45) is 0 Å². The number of carbonyl (C=O) groups excluding carboxylic acids is 1. The lowest BCUT2D eigenvalue weighted by atomic mass is 10.2. The van der Waals surface area contributed by atoms with Crippen LogP contribution in [0.5, 0.6) is 0 Å². The molecule has 0 bridgehead atoms. The first kappa shape index (κ1) is 13.8. The highest BCUT2D eigenvalue weighted by Gasteiger charge is 2.23. The molecule has 19 heavy (non-hydrogen) atoms. The molecule has 2 rings (SSSR count). The predicted octanol–water partition coefficient (Wildman–Crippen LogP) is 1.61. The second kappa shape index (κ2) is 5.17. The average molecular weight is 264 g/mol. The molecule has 1 atom stereocenters. The van der Waals surface area contributed by atoms with Gasteiger partial charge in [-0.05, 0) is 39.3 Å². The maximum absolute atomic E-state index is 11.9. The Labute approximate surface area is 113 Å². The van der Waals surface area contributed by atoms with Crippen molar-refractivity contribution in [3.8, 4) is 0 Å². The summed E-state index contributed by atoms with van der Waals surface area (Å²) in [5.41, 5.74) is -0.229. The van der Waals surface area contributed by atoms with Crippen LogP contribution in [-0.4, -0.2) is 40.9 Å². The molecule has 1 aromatic heterocycles. The number of aliphatic hydroxyl groups excluding tert-OH is 1. The van der Waals surface area contributed by atoms with Gasteiger partial charge in [0.15, 0.2) is 5.69 Å². The van der Waals surface area contributed by atoms with Gasteiger partial charge in [-0.2, -0.15) is 0 Å². The summed E-state index contributed by atoms with van der Waals surface area (Å²) >= 11 is 0. The molecule has 1 N–H and O–H groups in total. The number of esters is 1. The fourth-order valence-corrected chi connectivity index (χ4v) is 1.99. The number of aliphatic hydroxyl groups is 1. The van der Waals surface area contributed by atoms with Gasteiger partial charge in [0.05, 0.1) is 6.10 Å². The highest BCUT2D eigenvalue weighted by atomic mass is 16.6. The van der Waals surface area contributed by atoms with Crippen molar-refractivity contribution in [3.63, 3.8) is 0 Å². The molecule has 1 saturated heterocycles. The van der Waals surface area contributed by atoms with E-state index in [-0.39, 0.29) is 6.10 Å². The fraction of sp³-hybridized carbons (Fsp3) is 0.571. The van der Waals surface area contributed by atoms with Crippen molar-refractivity contribution in [2.45, 2.75) is 38.9 Å². The molecule has 0 aliphatic carbocycles. The van der Waals surface area contributed by atoms with E-state index in [9.17, 15) is 9.90 Å². The normalized spacial score (nSPS) is 19.6. The Bertz CT molecular complexity index is 468. The Balaban J connectivity index is 2.13. The van der Waals surface area contributed by atoms with E-state index in [1.807, 2.05) is 31.7 Å². The number of β-amino-alcohol motifs (C(OH)–C–C–N with tert-alkyl or cyclic N) is 1. The van der Waals surface area contributed by atoms with E-state index in [0.29, 0.717) is 18.1 Å². The lowest BCUT2D eigenvalue weighted by Gasteiger charge is -2.20. The molecule has 1 aliphatic heterocycles. The second-order valence-corrected chi connectivity index (χ2v) is 5.77. The minimum atomic E-state index is -0.529. The minimum absolute atomic E-state index is 0.300. The monoisotopic (exact) mass is 264 g/mol. The molecule has 1 fully saturated rings. The largest absolute Gasteiger partial charge is 0.455 e. The maximum atomic E-state index is 11.9. The van der Waals surface area contributed by atoms with Gasteiger partial charge in [0.1, 0.15) is 11.4 Å². The van der Waals surface area contributed by atoms with Gasteiger partial charge in [-0.3, -0.25) is 0 Å². The zero-order valence-corrected chi connectivity index (χ0v) is 11.6. The van der Waals surface area contributed by atoms with Crippen LogP contribution in [0.1, 0.15) is 37.7 Å². The Morgan fingerprint density at radius 1 is 1.47 bits per heavy atom. The summed E-state index contributed by atoms with van der Waals surface area (Å²) in [5.74, 6) is 0.286. The van der Waals surface area contributed by atoms with E-state index in [1.54, 1.807) is 12.1 Å². The van der Waals surface area contributed by atoms with Gasteiger partial charge in [0, 0.05) is 13.1 Å². The zero-order chi connectivity index (χ0) is 14.0. The topological polar surface area (TPSA) is 62.7 Å². The molecule has 0 amide bonds. The van der Waals surface area contributed by atoms with E-state index >= 15 is 0 Å². The lowest BCUT2D eigenvalue weighted by molar-refractivity contribution is 0.00629. The first-order valence-electron chi connectivity index (χ1n) is 6.48. The number of pyridine rings is 1. The number of ether oxygens (including phenoxy) is 1. The molecule has 2 heterocycles. The molecule has 0 radical (unpaired) electrons. The summed E-state index contributed by atoms with van der Waals surface area (Å²) in [7, 11) is 0. The fourth-order valence-electron chi connectivity index (χ4n) is 1.99. The van der Waals surface area contributed by atoms with E-state index < -0.39 is 11.6 Å². The molecular weight excluding hydrogens is 244 g/mol. The summed E-state index contributed by atoms with van der Waals surface area (Å²) in [5, 5.41) is 9.53. The highest BCUT2D eigenvalue weighted by Crippen LogP contribution is 2.19. The molecule has 5 nitrogen and oxygen atoms in total. The van der Waals surface area contributed by atoms with Crippen molar-refractivity contribution in [1.29, 1.82) is 0 Å². The molecular formula is C14H20N2O3. The Hall–Kier alpha value is -1.62. The second-order valence-electron chi connectivity index (χ2n) is 5.77. The quantitative estimate of drug-likeness (QED) is 0.822. The first-order valence-corrected chi connectivity index (χ1v) is 6.48. The number of aromatic nitrogens is 1. The van der Waals surface area contributed by atoms with Gasteiger partial charge in [0.25, 0.3) is 0 Å². The molecule has 104 valence electrons. The van der Waals surface area contributed by atoms with Crippen LogP contribution < -0.4 is 4.90 Å². The Kier molecular flexibility index (Phi) is 3.75. The van der Waals surface area contributed by atoms with Crippen LogP contribution in [0.2, 0.25) is 0 Å². The van der Waals surface area contributed by atoms with Crippen molar-refractivity contribution < 1.29 is 14.6 Å². The number of hydrogen-bond donors (Lipinski definition) is 1. The Morgan fingerprint density at radius 2 is 2.21 bits per heavy atom. The van der Waals surface area contributed by atoms with Crippen LogP contribution in [0.15, 0.2) is 18.2 Å². The first-order chi connectivity index (χ1) is 8.85. The van der Waals surface area contributed by atoms with Gasteiger partial charge in [0.2, 0.25) is 0 Å². The summed E-state index contributed by atoms with van der Waals surface area (Å²) in [6.07, 6.45) is 0.421. The predicted molar refractivity (Wildman–Crippen MR) is 72.2 cm³/mol. The molecule has 1 aliphatic rings. The Morgan fingerprint density at radius 3 is 2.79 bits per heavy atom. The van der Waals surface area contributed by atoms with Gasteiger partial charge in [-0.25, -0.2) is 9.78 Å². The third kappa shape index (κ3) is 3.67. The van der Waals surface area contributed by atoms with Gasteiger partial charge < -0.3 is 14.7 Å². The van der Waals surface area contributed by atoms with Gasteiger partial charge in [-0.15, -0.1) is 0 Å². The molecule has 5 heteroatoms. The number of rotatable bonds is 2. The van der Waals surface area contributed by atoms with Crippen molar-refractivity contribution in [2.75, 3.05) is 18.0 Å². The number of anilines is 1. The SMILES string of the molecule is CC(C)(C)OC(=O)c1cccc(N2CC[C@H](O)C2)n1. The van der Waals surface area contributed by atoms with Crippen molar-refractivity contribution >= 4 is 11.8 Å². The van der Waals surface area contributed by atoms with Gasteiger partial charge in [-0.1, -0.05) is 6.07 Å². The van der Waals surface area contributed by atoms with Crippen molar-refractivity contribution in [3.05, 3.63) is 23.9 Å². The standard InChI is InChI=1S/C14H20N2O3/c1-14(2,3)19-13(18)11-5-4-6-12(15-11)16-8-7-10(17)9-16/h4-6,10,17H,7-9H2,1-3H3/t10-/m0/s1. The summed E-state index contributed by atoms with van der Waals surface area (Å²) in [4.78, 5) is 18.2. The molecule has 0 spiro atoms. The van der Waals surface area contributed by atoms with E-state index in [0.717, 1.165) is 13.0 Å². The number of hydrogen-bond acceptors (Lipinski definition) is 5. The van der Waals surface area contributed by atoms with Crippen LogP contribution in [0.4, 0.5) is 5.82 Å². The highest BCUT2D eigenvalue weighted by molar-refractivity contribution is 5.88. The van der Waals surface area contributed by atoms with Crippen LogP contribution in [0.25, 0.3) is 0 Å². The summed E-state index contributed by atoms with van der Waals surface area (Å²) in [6, 6.07) is 5.27. The van der Waals surface area contributed by atoms with E-state index in [2.05, 4.69) is 4.98 Å². The van der Waals surface area contributed by atoms with Crippen LogP contribution >= 0.6 is 0 Å². The van der Waals surface area contributed by atoms with Gasteiger partial charge >= 0.3 is 5.97 Å². The molecule has 0 unspecified atom stereocenters. The maximum Gasteiger partial charge on any atom is 0.357 e. The summed E-state index contributed by atoms with van der Waals surface area (Å²) < 4.78 is 5.29. The summed E-state index contributed by atoms with van der Waals surface area (Å²) in [6.45, 7) is 6.79. The molecule has 0 aromatic carbocycles. The molecule has 0 saturated carbocycles. The van der Waals surface area contributed by atoms with Crippen LogP contribution in [-0.2, 0) is 4.74 Å². The van der Waals surface area contributed by atoms with Crippen LogP contribution in [0, 0.1) is 0 Å². The third-order valence-corrected chi connectivity index (χ3v) is 2.83. The minimum Gasteiger partial charge on any atom is -0.455 e. The zero-order valence-electron chi connectivity index (χ0n) is 11.6.